The SMILES string of the molecule is Cc1cccc(-n2[nH]cc(CO)c2=O)c1. The Kier molecular flexibility index (Phi) is 2.43. The Balaban J connectivity index is 2.55. The van der Waals surface area contributed by atoms with Crippen molar-refractivity contribution in [3.8, 4) is 5.69 Å². The highest BCUT2D eigenvalue weighted by atomic mass is 16.3. The zero-order valence-electron chi connectivity index (χ0n) is 8.40. The molecule has 2 N–H and O–H groups in total. The Labute approximate surface area is 86.8 Å². The summed E-state index contributed by atoms with van der Waals surface area (Å²) in [6, 6.07) is 7.59. The molecule has 0 fully saturated rings. The predicted molar refractivity (Wildman–Crippen MR) is 57.0 cm³/mol. The van der Waals surface area contributed by atoms with Gasteiger partial charge in [0.25, 0.3) is 5.56 Å². The number of nitrogens with zero attached hydrogens (tertiary/aromatic N) is 1. The number of H-pyrrole nitrogens is 1. The molecule has 0 amide bonds. The third kappa shape index (κ3) is 1.71. The molecule has 0 radical (unpaired) electrons. The van der Waals surface area contributed by atoms with E-state index in [1.165, 1.54) is 10.9 Å². The van der Waals surface area contributed by atoms with Crippen LogP contribution in [0.5, 0.6) is 0 Å². The zero-order chi connectivity index (χ0) is 10.8. The van der Waals surface area contributed by atoms with Crippen LogP contribution >= 0.6 is 0 Å². The first-order chi connectivity index (χ1) is 7.22. The molecular formula is C11H12N2O2. The van der Waals surface area contributed by atoms with Crippen LogP contribution in [0.2, 0.25) is 0 Å². The molecule has 2 rings (SSSR count). The minimum Gasteiger partial charge on any atom is -0.391 e. The van der Waals surface area contributed by atoms with E-state index in [-0.39, 0.29) is 12.2 Å². The smallest absolute Gasteiger partial charge is 0.276 e. The fourth-order valence-electron chi connectivity index (χ4n) is 1.48. The molecule has 1 aromatic carbocycles. The molecule has 0 aliphatic heterocycles. The van der Waals surface area contributed by atoms with E-state index in [1.54, 1.807) is 0 Å². The highest BCUT2D eigenvalue weighted by Crippen LogP contribution is 2.07. The Hall–Kier alpha value is -1.81. The quantitative estimate of drug-likeness (QED) is 0.765. The summed E-state index contributed by atoms with van der Waals surface area (Å²) in [4.78, 5) is 11.7. The van der Waals surface area contributed by atoms with Gasteiger partial charge in [0.1, 0.15) is 0 Å². The second-order valence-electron chi connectivity index (χ2n) is 3.44. The van der Waals surface area contributed by atoms with Gasteiger partial charge in [-0.1, -0.05) is 12.1 Å². The lowest BCUT2D eigenvalue weighted by atomic mass is 10.2. The number of benzene rings is 1. The average molecular weight is 204 g/mol. The molecule has 78 valence electrons. The molecule has 15 heavy (non-hydrogen) atoms. The Morgan fingerprint density at radius 3 is 2.87 bits per heavy atom. The number of aromatic nitrogens is 2. The van der Waals surface area contributed by atoms with E-state index in [4.69, 9.17) is 5.11 Å². The van der Waals surface area contributed by atoms with Crippen LogP contribution in [0, 0.1) is 6.92 Å². The molecule has 4 heteroatoms. The number of aromatic amines is 1. The van der Waals surface area contributed by atoms with Crippen molar-refractivity contribution in [2.75, 3.05) is 0 Å². The van der Waals surface area contributed by atoms with E-state index in [1.807, 2.05) is 31.2 Å². The van der Waals surface area contributed by atoms with Gasteiger partial charge in [-0.15, -0.1) is 0 Å². The van der Waals surface area contributed by atoms with Crippen molar-refractivity contribution in [2.45, 2.75) is 13.5 Å². The first-order valence-electron chi connectivity index (χ1n) is 4.69. The van der Waals surface area contributed by atoms with Crippen molar-refractivity contribution < 1.29 is 5.11 Å². The topological polar surface area (TPSA) is 58.0 Å². The van der Waals surface area contributed by atoms with Gasteiger partial charge in [-0.3, -0.25) is 9.89 Å². The number of aliphatic hydroxyl groups is 1. The summed E-state index contributed by atoms with van der Waals surface area (Å²) in [5, 5.41) is 11.7. The summed E-state index contributed by atoms with van der Waals surface area (Å²) in [5.41, 5.74) is 2.03. The average Bonchev–Trinajstić information content (AvgIpc) is 2.59. The van der Waals surface area contributed by atoms with E-state index in [0.717, 1.165) is 11.3 Å². The van der Waals surface area contributed by atoms with Crippen molar-refractivity contribution in [1.29, 1.82) is 0 Å². The van der Waals surface area contributed by atoms with Gasteiger partial charge in [-0.25, -0.2) is 4.68 Å². The van der Waals surface area contributed by atoms with Crippen LogP contribution in [-0.2, 0) is 6.61 Å². The summed E-state index contributed by atoms with van der Waals surface area (Å²) in [6.45, 7) is 1.72. The standard InChI is InChI=1S/C11H12N2O2/c1-8-3-2-4-10(5-8)13-11(15)9(7-14)6-12-13/h2-6,12,14H,7H2,1H3. The number of hydrogen-bond acceptors (Lipinski definition) is 2. The van der Waals surface area contributed by atoms with Crippen molar-refractivity contribution >= 4 is 0 Å². The number of nitrogens with one attached hydrogen (secondary N) is 1. The van der Waals surface area contributed by atoms with E-state index in [0.29, 0.717) is 5.56 Å². The second kappa shape index (κ2) is 3.74. The van der Waals surface area contributed by atoms with Crippen molar-refractivity contribution in [3.63, 3.8) is 0 Å². The Morgan fingerprint density at radius 2 is 2.27 bits per heavy atom. The highest BCUT2D eigenvalue weighted by Gasteiger charge is 2.05. The lowest BCUT2D eigenvalue weighted by Gasteiger charge is -2.01. The number of aliphatic hydroxyl groups excluding tert-OH is 1. The summed E-state index contributed by atoms with van der Waals surface area (Å²) in [6.07, 6.45) is 1.52. The first-order valence-corrected chi connectivity index (χ1v) is 4.69. The van der Waals surface area contributed by atoms with Gasteiger partial charge < -0.3 is 5.11 Å². The fraction of sp³-hybridized carbons (Fsp3) is 0.182. The Bertz CT molecular complexity index is 525. The summed E-state index contributed by atoms with van der Waals surface area (Å²) in [7, 11) is 0. The van der Waals surface area contributed by atoms with Crippen molar-refractivity contribution in [3.05, 3.63) is 51.9 Å². The molecule has 2 aromatic rings. The molecule has 1 heterocycles. The molecule has 0 aliphatic rings. The van der Waals surface area contributed by atoms with Crippen LogP contribution in [0.1, 0.15) is 11.1 Å². The van der Waals surface area contributed by atoms with E-state index < -0.39 is 0 Å². The molecule has 0 unspecified atom stereocenters. The van der Waals surface area contributed by atoms with Crippen LogP contribution in [0.15, 0.2) is 35.3 Å². The van der Waals surface area contributed by atoms with E-state index >= 15 is 0 Å². The molecule has 0 atom stereocenters. The van der Waals surface area contributed by atoms with Crippen LogP contribution in [-0.4, -0.2) is 14.9 Å². The maximum atomic E-state index is 11.7. The predicted octanol–water partition coefficient (Wildman–Crippen LogP) is 0.966. The van der Waals surface area contributed by atoms with Crippen LogP contribution in [0.4, 0.5) is 0 Å². The molecule has 0 saturated carbocycles. The van der Waals surface area contributed by atoms with Gasteiger partial charge in [0.05, 0.1) is 17.9 Å². The highest BCUT2D eigenvalue weighted by molar-refractivity contribution is 5.34. The molecule has 0 bridgehead atoms. The monoisotopic (exact) mass is 204 g/mol. The van der Waals surface area contributed by atoms with E-state index in [9.17, 15) is 4.79 Å². The molecule has 1 aromatic heterocycles. The maximum absolute atomic E-state index is 11.7. The largest absolute Gasteiger partial charge is 0.391 e. The van der Waals surface area contributed by atoms with Gasteiger partial charge in [0.2, 0.25) is 0 Å². The lowest BCUT2D eigenvalue weighted by Crippen LogP contribution is -2.17. The lowest BCUT2D eigenvalue weighted by molar-refractivity contribution is 0.280. The second-order valence-corrected chi connectivity index (χ2v) is 3.44. The zero-order valence-corrected chi connectivity index (χ0v) is 8.40. The Morgan fingerprint density at radius 1 is 1.47 bits per heavy atom. The third-order valence-corrected chi connectivity index (χ3v) is 2.28. The minimum atomic E-state index is -0.242. The molecule has 0 spiro atoms. The van der Waals surface area contributed by atoms with Crippen molar-refractivity contribution in [2.24, 2.45) is 0 Å². The number of aryl methyl sites for hydroxylation is 1. The molecule has 4 nitrogen and oxygen atoms in total. The summed E-state index contributed by atoms with van der Waals surface area (Å²) < 4.78 is 1.42. The molecular weight excluding hydrogens is 192 g/mol. The van der Waals surface area contributed by atoms with Crippen LogP contribution in [0.3, 0.4) is 0 Å². The third-order valence-electron chi connectivity index (χ3n) is 2.28. The molecule has 0 aliphatic carbocycles. The minimum absolute atomic E-state index is 0.205. The summed E-state index contributed by atoms with van der Waals surface area (Å²) >= 11 is 0. The fourth-order valence-corrected chi connectivity index (χ4v) is 1.48. The molecule has 0 saturated heterocycles. The maximum Gasteiger partial charge on any atom is 0.276 e. The van der Waals surface area contributed by atoms with Gasteiger partial charge in [-0.2, -0.15) is 0 Å². The van der Waals surface area contributed by atoms with Crippen molar-refractivity contribution in [1.82, 2.24) is 9.78 Å². The van der Waals surface area contributed by atoms with Crippen LogP contribution in [0.25, 0.3) is 5.69 Å². The van der Waals surface area contributed by atoms with Gasteiger partial charge in [0.15, 0.2) is 0 Å². The normalized spacial score (nSPS) is 10.5. The number of hydrogen-bond donors (Lipinski definition) is 2. The van der Waals surface area contributed by atoms with E-state index in [2.05, 4.69) is 5.10 Å². The van der Waals surface area contributed by atoms with Gasteiger partial charge in [0, 0.05) is 6.20 Å². The van der Waals surface area contributed by atoms with Gasteiger partial charge >= 0.3 is 0 Å². The first kappa shape index (κ1) is 9.73. The van der Waals surface area contributed by atoms with Crippen LogP contribution < -0.4 is 5.56 Å². The summed E-state index contributed by atoms with van der Waals surface area (Å²) in [5.74, 6) is 0. The number of rotatable bonds is 2. The van der Waals surface area contributed by atoms with Gasteiger partial charge in [-0.05, 0) is 24.6 Å².